The van der Waals surface area contributed by atoms with E-state index in [0.29, 0.717) is 38.3 Å². The van der Waals surface area contributed by atoms with E-state index < -0.39 is 20.0 Å². The number of hydrogen-bond acceptors (Lipinski definition) is 8. The number of pyridine rings is 1. The molecule has 14 heteroatoms. The van der Waals surface area contributed by atoms with Gasteiger partial charge in [0.2, 0.25) is 15.2 Å². The number of aromatic nitrogens is 3. The van der Waals surface area contributed by atoms with E-state index in [1.165, 1.54) is 44.1 Å². The predicted molar refractivity (Wildman–Crippen MR) is 176 cm³/mol. The van der Waals surface area contributed by atoms with Crippen LogP contribution in [0.25, 0.3) is 0 Å². The molecule has 0 atom stereocenters. The van der Waals surface area contributed by atoms with Crippen LogP contribution < -0.4 is 0 Å². The van der Waals surface area contributed by atoms with Gasteiger partial charge in [-0.25, -0.2) is 26.8 Å². The van der Waals surface area contributed by atoms with Crippen LogP contribution in [-0.2, 0) is 27.1 Å². The van der Waals surface area contributed by atoms with E-state index >= 15 is 0 Å². The summed E-state index contributed by atoms with van der Waals surface area (Å²) in [5, 5.41) is 0.206. The monoisotopic (exact) mass is 683 g/mol. The molecule has 0 radical (unpaired) electrons. The molecule has 4 aliphatic rings. The molecule has 2 aromatic rings. The van der Waals surface area contributed by atoms with Crippen molar-refractivity contribution in [3.05, 3.63) is 35.9 Å². The molecule has 6 heterocycles. The van der Waals surface area contributed by atoms with E-state index in [-0.39, 0.29) is 15.2 Å². The molecule has 2 aromatic heterocycles. The highest BCUT2D eigenvalue weighted by Crippen LogP contribution is 2.29. The Morgan fingerprint density at radius 1 is 0.667 bits per heavy atom. The Kier molecular flexibility index (Phi) is 11.6. The first-order valence-corrected chi connectivity index (χ1v) is 19.8. The zero-order valence-corrected chi connectivity index (χ0v) is 29.4. The number of imidazole rings is 1. The van der Waals surface area contributed by atoms with E-state index in [4.69, 9.17) is 11.6 Å². The fourth-order valence-corrected chi connectivity index (χ4v) is 10.5. The van der Waals surface area contributed by atoms with Gasteiger partial charge in [-0.05, 0) is 102 Å². The zero-order valence-electron chi connectivity index (χ0n) is 27.0. The summed E-state index contributed by atoms with van der Waals surface area (Å²) in [6, 6.07) is 4.20. The minimum absolute atomic E-state index is 0.0552. The van der Waals surface area contributed by atoms with E-state index in [9.17, 15) is 16.8 Å². The number of aryl methyl sites for hydroxylation is 1. The van der Waals surface area contributed by atoms with Gasteiger partial charge in [-0.2, -0.15) is 8.61 Å². The SMILES string of the molecule is CC1CCN(C2CCN(S(=O)(=O)c3cccnc3Cl)CC2)CC1.CC1CCN(C2CCN(S(=O)(=O)c3nccn3C)CC2)CC1. The molecule has 0 aromatic carbocycles. The molecule has 4 saturated heterocycles. The molecule has 252 valence electrons. The summed E-state index contributed by atoms with van der Waals surface area (Å²) in [6.07, 6.45) is 13.4. The highest BCUT2D eigenvalue weighted by molar-refractivity contribution is 7.89. The van der Waals surface area contributed by atoms with Gasteiger partial charge in [0.05, 0.1) is 0 Å². The minimum atomic E-state index is -3.54. The molecule has 4 fully saturated rings. The van der Waals surface area contributed by atoms with Crippen LogP contribution in [-0.4, -0.2) is 114 Å². The zero-order chi connectivity index (χ0) is 32.2. The number of piperidine rings is 4. The molecule has 45 heavy (non-hydrogen) atoms. The normalized spacial score (nSPS) is 23.6. The molecular weight excluding hydrogens is 634 g/mol. The predicted octanol–water partition coefficient (Wildman–Crippen LogP) is 3.93. The van der Waals surface area contributed by atoms with Crippen LogP contribution in [0.1, 0.15) is 65.2 Å². The van der Waals surface area contributed by atoms with Gasteiger partial charge in [-0.3, -0.25) is 0 Å². The van der Waals surface area contributed by atoms with Gasteiger partial charge in [0.25, 0.3) is 10.0 Å². The maximum absolute atomic E-state index is 12.7. The average molecular weight is 684 g/mol. The van der Waals surface area contributed by atoms with Crippen LogP contribution in [0.4, 0.5) is 0 Å². The maximum atomic E-state index is 12.7. The largest absolute Gasteiger partial charge is 0.324 e. The third-order valence-electron chi connectivity index (χ3n) is 10.2. The van der Waals surface area contributed by atoms with Crippen molar-refractivity contribution in [2.24, 2.45) is 18.9 Å². The van der Waals surface area contributed by atoms with Gasteiger partial charge in [-0.1, -0.05) is 25.4 Å². The van der Waals surface area contributed by atoms with Gasteiger partial charge in [0.15, 0.2) is 0 Å². The summed E-state index contributed by atoms with van der Waals surface area (Å²) in [6.45, 7) is 11.6. The topological polar surface area (TPSA) is 112 Å². The number of halogens is 1. The first-order chi connectivity index (χ1) is 21.5. The number of sulfonamides is 2. The lowest BCUT2D eigenvalue weighted by molar-refractivity contribution is 0.101. The molecule has 4 aliphatic heterocycles. The summed E-state index contributed by atoms with van der Waals surface area (Å²) in [5.74, 6) is 1.65. The van der Waals surface area contributed by atoms with Crippen LogP contribution in [0, 0.1) is 11.8 Å². The Morgan fingerprint density at radius 3 is 1.56 bits per heavy atom. The molecular formula is C31H50ClN7O4S2. The average Bonchev–Trinajstić information content (AvgIpc) is 3.49. The van der Waals surface area contributed by atoms with Gasteiger partial charge in [0.1, 0.15) is 10.0 Å². The van der Waals surface area contributed by atoms with E-state index in [1.54, 1.807) is 32.5 Å². The molecule has 0 bridgehead atoms. The van der Waals surface area contributed by atoms with Crippen molar-refractivity contribution in [3.8, 4) is 0 Å². The molecule has 0 spiro atoms. The first-order valence-electron chi connectivity index (χ1n) is 16.5. The molecule has 0 unspecified atom stereocenters. The smallest absolute Gasteiger partial charge is 0.277 e. The highest BCUT2D eigenvalue weighted by Gasteiger charge is 2.35. The lowest BCUT2D eigenvalue weighted by Crippen LogP contribution is -2.49. The number of hydrogen-bond donors (Lipinski definition) is 0. The highest BCUT2D eigenvalue weighted by atomic mass is 35.5. The van der Waals surface area contributed by atoms with Crippen molar-refractivity contribution in [2.75, 3.05) is 52.4 Å². The van der Waals surface area contributed by atoms with Crippen LogP contribution in [0.15, 0.2) is 40.8 Å². The summed E-state index contributed by atoms with van der Waals surface area (Å²) in [7, 11) is -5.26. The summed E-state index contributed by atoms with van der Waals surface area (Å²) >= 11 is 5.97. The quantitative estimate of drug-likeness (QED) is 0.422. The molecule has 0 N–H and O–H groups in total. The molecule has 0 amide bonds. The fraction of sp³-hybridized carbons (Fsp3) is 0.742. The molecule has 0 aliphatic carbocycles. The first kappa shape index (κ1) is 34.7. The van der Waals surface area contributed by atoms with Crippen LogP contribution in [0.3, 0.4) is 0 Å². The van der Waals surface area contributed by atoms with Crippen molar-refractivity contribution < 1.29 is 16.8 Å². The van der Waals surface area contributed by atoms with Crippen molar-refractivity contribution >= 4 is 31.6 Å². The van der Waals surface area contributed by atoms with E-state index in [1.807, 2.05) is 0 Å². The Bertz CT molecular complexity index is 1460. The second-order valence-corrected chi connectivity index (χ2v) is 17.4. The Hall–Kier alpha value is -1.61. The van der Waals surface area contributed by atoms with Gasteiger partial charge >= 0.3 is 0 Å². The van der Waals surface area contributed by atoms with Gasteiger partial charge in [0, 0.05) is 63.9 Å². The second kappa shape index (κ2) is 15.1. The van der Waals surface area contributed by atoms with Gasteiger partial charge in [-0.15, -0.1) is 0 Å². The Labute approximate surface area is 275 Å². The van der Waals surface area contributed by atoms with Crippen LogP contribution in [0.5, 0.6) is 0 Å². The fourth-order valence-electron chi connectivity index (χ4n) is 7.10. The van der Waals surface area contributed by atoms with Crippen molar-refractivity contribution in [3.63, 3.8) is 0 Å². The second-order valence-electron chi connectivity index (χ2n) is 13.3. The number of nitrogens with zero attached hydrogens (tertiary/aromatic N) is 7. The number of likely N-dealkylation sites (tertiary alicyclic amines) is 2. The third-order valence-corrected chi connectivity index (χ3v) is 14.4. The lowest BCUT2D eigenvalue weighted by atomic mass is 9.95. The van der Waals surface area contributed by atoms with Crippen LogP contribution >= 0.6 is 11.6 Å². The lowest BCUT2D eigenvalue weighted by Gasteiger charge is -2.41. The van der Waals surface area contributed by atoms with Gasteiger partial charge < -0.3 is 14.4 Å². The minimum Gasteiger partial charge on any atom is -0.324 e. The Balaban J connectivity index is 0.000000178. The maximum Gasteiger partial charge on any atom is 0.277 e. The van der Waals surface area contributed by atoms with E-state index in [2.05, 4.69) is 33.6 Å². The molecule has 6 rings (SSSR count). The molecule has 0 saturated carbocycles. The third kappa shape index (κ3) is 8.28. The van der Waals surface area contributed by atoms with E-state index in [0.717, 1.165) is 63.7 Å². The van der Waals surface area contributed by atoms with Crippen molar-refractivity contribution in [1.29, 1.82) is 0 Å². The Morgan fingerprint density at radius 2 is 1.13 bits per heavy atom. The van der Waals surface area contributed by atoms with Crippen LogP contribution in [0.2, 0.25) is 5.15 Å². The molecule has 11 nitrogen and oxygen atoms in total. The summed E-state index contributed by atoms with van der Waals surface area (Å²) in [4.78, 5) is 13.1. The van der Waals surface area contributed by atoms with Crippen molar-refractivity contribution in [1.82, 2.24) is 32.9 Å². The van der Waals surface area contributed by atoms with Crippen molar-refractivity contribution in [2.45, 2.75) is 87.3 Å². The standard InChI is InChI=1S/C16H24ClN3O2S.C15H26N4O2S/c1-13-4-9-19(10-5-13)14-6-11-20(12-7-14)23(21,22)15-3-2-8-18-16(15)17;1-13-3-8-18(9-4-13)14-5-10-19(11-6-14)22(20,21)15-16-7-12-17(15)2/h2-3,8,13-14H,4-7,9-12H2,1H3;7,12-14H,3-6,8-11H2,1-2H3. The number of rotatable bonds is 6. The summed E-state index contributed by atoms with van der Waals surface area (Å²) < 4.78 is 55.4. The summed E-state index contributed by atoms with van der Waals surface area (Å²) in [5.41, 5.74) is 0.